The van der Waals surface area contributed by atoms with Crippen LogP contribution in [0, 0.1) is 0 Å². The van der Waals surface area contributed by atoms with E-state index in [1.165, 1.54) is 128 Å². The van der Waals surface area contributed by atoms with Gasteiger partial charge in [-0.25, -0.2) is 0 Å². The molecule has 0 radical (unpaired) electrons. The fourth-order valence-electron chi connectivity index (χ4n) is 10.8. The first-order valence-corrected chi connectivity index (χ1v) is 23.0. The summed E-state index contributed by atoms with van der Waals surface area (Å²) in [4.78, 5) is 8.24. The van der Waals surface area contributed by atoms with Crippen LogP contribution in [0.5, 0.6) is 0 Å². The molecular formula is C54H45BN2S. The van der Waals surface area contributed by atoms with Crippen molar-refractivity contribution in [3.05, 3.63) is 175 Å². The van der Waals surface area contributed by atoms with E-state index in [2.05, 4.69) is 187 Å². The van der Waals surface area contributed by atoms with Crippen molar-refractivity contribution in [2.45, 2.75) is 72.0 Å². The molecule has 0 saturated carbocycles. The van der Waals surface area contributed by atoms with Crippen LogP contribution < -0.4 is 15.8 Å². The third-order valence-electron chi connectivity index (χ3n) is 13.3. The smallest absolute Gasteiger partial charge is 0.333 e. The van der Waals surface area contributed by atoms with Crippen molar-refractivity contribution in [3.8, 4) is 11.1 Å². The summed E-state index contributed by atoms with van der Waals surface area (Å²) in [6, 6.07) is 63.6. The highest BCUT2D eigenvalue weighted by molar-refractivity contribution is 8.34. The Kier molecular flexibility index (Phi) is 7.66. The van der Waals surface area contributed by atoms with Crippen molar-refractivity contribution < 1.29 is 0 Å². The lowest BCUT2D eigenvalue weighted by molar-refractivity contribution is 0.795. The zero-order valence-corrected chi connectivity index (χ0v) is 34.0. The minimum absolute atomic E-state index is 0.00481. The van der Waals surface area contributed by atoms with E-state index in [0.717, 1.165) is 12.8 Å². The van der Waals surface area contributed by atoms with Gasteiger partial charge in [-0.15, -0.1) is 10.0 Å². The summed E-state index contributed by atoms with van der Waals surface area (Å²) < 4.78 is 2.77. The molecule has 0 spiro atoms. The van der Waals surface area contributed by atoms with Crippen LogP contribution in [0.15, 0.2) is 183 Å². The van der Waals surface area contributed by atoms with Gasteiger partial charge in [-0.05, 0) is 131 Å². The normalized spacial score (nSPS) is 14.7. The molecule has 8 aromatic carbocycles. The molecule has 0 atom stereocenters. The van der Waals surface area contributed by atoms with E-state index in [9.17, 15) is 0 Å². The first-order valence-electron chi connectivity index (χ1n) is 21.3. The molecule has 3 aliphatic rings. The highest BCUT2D eigenvalue weighted by Crippen LogP contribution is 2.79. The first-order chi connectivity index (χ1) is 28.7. The molecule has 0 saturated heterocycles. The number of nitrogens with zero attached hydrogens (tertiary/aromatic N) is 2. The van der Waals surface area contributed by atoms with Crippen molar-refractivity contribution in [3.63, 3.8) is 0 Å². The Hall–Kier alpha value is -5.97. The molecule has 3 aliphatic heterocycles. The third kappa shape index (κ3) is 4.53. The van der Waals surface area contributed by atoms with Crippen molar-refractivity contribution in [1.29, 1.82) is 0 Å². The van der Waals surface area contributed by atoms with E-state index >= 15 is 0 Å². The van der Waals surface area contributed by atoms with Gasteiger partial charge in [0.2, 0.25) is 0 Å². The number of hydrogen-bond donors (Lipinski definition) is 0. The lowest BCUT2D eigenvalue weighted by Gasteiger charge is -2.53. The first kappa shape index (κ1) is 34.1. The van der Waals surface area contributed by atoms with E-state index in [-0.39, 0.29) is 6.85 Å². The van der Waals surface area contributed by atoms with Gasteiger partial charge in [0.1, 0.15) is 0 Å². The van der Waals surface area contributed by atoms with Gasteiger partial charge in [-0.2, -0.15) is 0 Å². The SMILES string of the molecule is CCCCc1ccc2c(c1)c1cc(CCCC)cc3c1n2B1c2cccc4c2N(c2ccccc2S4(c2ccccc2)c2ccccc2)c2c1c-3cc1ccccc21. The third-order valence-corrected chi connectivity index (χ3v) is 17.2. The Balaban J connectivity index is 1.27. The summed E-state index contributed by atoms with van der Waals surface area (Å²) in [5, 5.41) is 5.41. The highest BCUT2D eigenvalue weighted by atomic mass is 32.3. The molecule has 9 aromatic rings. The van der Waals surface area contributed by atoms with Gasteiger partial charge in [0.05, 0.1) is 17.1 Å². The average molecular weight is 765 g/mol. The van der Waals surface area contributed by atoms with Crippen molar-refractivity contribution in [1.82, 2.24) is 4.48 Å². The fraction of sp³-hybridized carbons (Fsp3) is 0.148. The number of hydrogen-bond acceptors (Lipinski definition) is 1. The Bertz CT molecular complexity index is 3070. The number of aryl methyl sites for hydroxylation is 2. The maximum Gasteiger partial charge on any atom is 0.333 e. The van der Waals surface area contributed by atoms with Gasteiger partial charge >= 0.3 is 6.85 Å². The molecule has 0 unspecified atom stereocenters. The molecule has 280 valence electrons. The summed E-state index contributed by atoms with van der Waals surface area (Å²) in [6.07, 6.45) is 7.00. The van der Waals surface area contributed by atoms with E-state index in [4.69, 9.17) is 0 Å². The topological polar surface area (TPSA) is 8.17 Å². The maximum absolute atomic E-state index is 2.77. The molecule has 0 aliphatic carbocycles. The van der Waals surface area contributed by atoms with Gasteiger partial charge in [0.15, 0.2) is 0 Å². The second-order valence-corrected chi connectivity index (χ2v) is 19.6. The van der Waals surface area contributed by atoms with Crippen LogP contribution in [0.1, 0.15) is 50.7 Å². The number of unbranched alkanes of at least 4 members (excludes halogenated alkanes) is 2. The number of para-hydroxylation sites is 2. The second kappa shape index (κ2) is 13.0. The molecule has 4 heteroatoms. The van der Waals surface area contributed by atoms with Crippen LogP contribution >= 0.6 is 10.0 Å². The predicted molar refractivity (Wildman–Crippen MR) is 248 cm³/mol. The van der Waals surface area contributed by atoms with Crippen molar-refractivity contribution in [2.75, 3.05) is 4.90 Å². The van der Waals surface area contributed by atoms with Gasteiger partial charge in [0.25, 0.3) is 0 Å². The van der Waals surface area contributed by atoms with Gasteiger partial charge in [-0.3, -0.25) is 0 Å². The molecule has 12 rings (SSSR count). The molecular weight excluding hydrogens is 719 g/mol. The minimum Gasteiger partial charge on any atom is -0.375 e. The number of aromatic nitrogens is 1. The summed E-state index contributed by atoms with van der Waals surface area (Å²) >= 11 is 0. The van der Waals surface area contributed by atoms with E-state index in [1.807, 2.05) is 0 Å². The fourth-order valence-corrected chi connectivity index (χ4v) is 15.0. The molecule has 0 N–H and O–H groups in total. The molecule has 4 heterocycles. The maximum atomic E-state index is 2.77. The van der Waals surface area contributed by atoms with Crippen LogP contribution in [-0.4, -0.2) is 11.3 Å². The van der Waals surface area contributed by atoms with Crippen LogP contribution in [0.25, 0.3) is 43.7 Å². The van der Waals surface area contributed by atoms with Crippen molar-refractivity contribution in [2.24, 2.45) is 0 Å². The lowest BCUT2D eigenvalue weighted by atomic mass is 9.45. The largest absolute Gasteiger partial charge is 0.375 e. The number of rotatable bonds is 8. The Labute approximate surface area is 343 Å². The zero-order valence-electron chi connectivity index (χ0n) is 33.2. The highest BCUT2D eigenvalue weighted by Gasteiger charge is 2.50. The van der Waals surface area contributed by atoms with E-state index in [0.29, 0.717) is 0 Å². The van der Waals surface area contributed by atoms with Crippen LogP contribution in [-0.2, 0) is 12.8 Å². The monoisotopic (exact) mass is 764 g/mol. The molecule has 1 aromatic heterocycles. The lowest BCUT2D eigenvalue weighted by Crippen LogP contribution is -2.57. The predicted octanol–water partition coefficient (Wildman–Crippen LogP) is 13.7. The van der Waals surface area contributed by atoms with Crippen LogP contribution in [0.4, 0.5) is 17.1 Å². The summed E-state index contributed by atoms with van der Waals surface area (Å²) in [6.45, 7) is 4.62. The van der Waals surface area contributed by atoms with E-state index in [1.54, 1.807) is 0 Å². The Morgan fingerprint density at radius 1 is 0.517 bits per heavy atom. The molecule has 0 bridgehead atoms. The number of anilines is 3. The number of benzene rings is 8. The zero-order chi connectivity index (χ0) is 38.5. The standard InChI is InChI=1S/C54H45BN2S/c1-3-5-18-36-30-31-47-42(32-36)44-33-37(19-6-4-2)34-45-43-35-38-20-13-14-25-41(38)53-51(43)55(57(47)52(44)45)46-26-17-29-50-54(46)56(53)48-27-15-16-28-49(48)58(50,39-21-9-7-10-22-39)40-23-11-8-12-24-40/h7-17,20-35H,3-6,18-19H2,1-2H3. The quantitative estimate of drug-likeness (QED) is 0.140. The van der Waals surface area contributed by atoms with E-state index < -0.39 is 10.0 Å². The van der Waals surface area contributed by atoms with Gasteiger partial charge < -0.3 is 9.38 Å². The Morgan fingerprint density at radius 3 is 1.97 bits per heavy atom. The van der Waals surface area contributed by atoms with Crippen LogP contribution in [0.3, 0.4) is 0 Å². The van der Waals surface area contributed by atoms with Crippen LogP contribution in [0.2, 0.25) is 0 Å². The summed E-state index contributed by atoms with van der Waals surface area (Å²) in [5.74, 6) is 0. The van der Waals surface area contributed by atoms with Gasteiger partial charge in [-0.1, -0.05) is 118 Å². The molecule has 58 heavy (non-hydrogen) atoms. The second-order valence-electron chi connectivity index (χ2n) is 16.5. The summed E-state index contributed by atoms with van der Waals surface area (Å²) in [5.41, 5.74) is 15.2. The number of fused-ring (bicyclic) bond motifs is 11. The minimum atomic E-state index is -1.91. The summed E-state index contributed by atoms with van der Waals surface area (Å²) in [7, 11) is -1.91. The average Bonchev–Trinajstić information content (AvgIpc) is 3.60. The van der Waals surface area contributed by atoms with Crippen molar-refractivity contribution >= 4 is 77.4 Å². The molecule has 2 nitrogen and oxygen atoms in total. The Morgan fingerprint density at radius 2 is 1.19 bits per heavy atom. The molecule has 0 amide bonds. The molecule has 0 fully saturated rings. The van der Waals surface area contributed by atoms with Gasteiger partial charge in [0, 0.05) is 52.3 Å².